The molecule has 4 fully saturated rings. The molecule has 1 amide bonds. The summed E-state index contributed by atoms with van der Waals surface area (Å²) in [6.07, 6.45) is 8.60. The molecule has 1 heterocycles. The number of nitrogens with zero attached hydrogens (tertiary/aromatic N) is 1. The summed E-state index contributed by atoms with van der Waals surface area (Å²) in [5, 5.41) is 6.29. The van der Waals surface area contributed by atoms with Crippen molar-refractivity contribution in [3.63, 3.8) is 0 Å². The summed E-state index contributed by atoms with van der Waals surface area (Å²) in [6.45, 7) is 4.86. The average molecular weight is 425 g/mol. The Morgan fingerprint density at radius 1 is 1.20 bits per heavy atom. The number of rotatable bonds is 7. The minimum absolute atomic E-state index is 0.105. The standard InChI is InChI=1S/C25H32N2O2S/c1-3-29-22-7-5-4-6-21(22)24-27-20(15-30-24)11-23(28)26-16(2)25-12-17-8-18(13-25)10-19(9-17)14-25/h4-7,15-19H,3,8-14H2,1-2H3,(H,26,28). The molecule has 5 heteroatoms. The van der Waals surface area contributed by atoms with E-state index < -0.39 is 0 Å². The molecule has 30 heavy (non-hydrogen) atoms. The molecule has 4 aliphatic rings. The number of carbonyl (C=O) groups excluding carboxylic acids is 1. The van der Waals surface area contributed by atoms with E-state index in [4.69, 9.17) is 9.72 Å². The Morgan fingerprint density at radius 2 is 1.87 bits per heavy atom. The summed E-state index contributed by atoms with van der Waals surface area (Å²) in [6, 6.07) is 8.24. The van der Waals surface area contributed by atoms with Crippen molar-refractivity contribution < 1.29 is 9.53 Å². The van der Waals surface area contributed by atoms with Gasteiger partial charge < -0.3 is 10.1 Å². The minimum Gasteiger partial charge on any atom is -0.493 e. The van der Waals surface area contributed by atoms with Crippen LogP contribution in [-0.2, 0) is 11.2 Å². The maximum Gasteiger partial charge on any atom is 0.226 e. The van der Waals surface area contributed by atoms with Gasteiger partial charge in [-0.1, -0.05) is 12.1 Å². The Balaban J connectivity index is 1.24. The number of amides is 1. The first-order valence-electron chi connectivity index (χ1n) is 11.5. The van der Waals surface area contributed by atoms with Crippen molar-refractivity contribution in [1.29, 1.82) is 0 Å². The molecule has 0 aliphatic heterocycles. The molecular weight excluding hydrogens is 392 g/mol. The second kappa shape index (κ2) is 7.99. The van der Waals surface area contributed by atoms with Gasteiger partial charge in [0.1, 0.15) is 10.8 Å². The van der Waals surface area contributed by atoms with Gasteiger partial charge >= 0.3 is 0 Å². The number of ether oxygens (including phenoxy) is 1. The van der Waals surface area contributed by atoms with Crippen LogP contribution in [0.3, 0.4) is 0 Å². The minimum atomic E-state index is 0.105. The number of para-hydroxylation sites is 1. The van der Waals surface area contributed by atoms with Crippen LogP contribution in [-0.4, -0.2) is 23.5 Å². The monoisotopic (exact) mass is 424 g/mol. The highest BCUT2D eigenvalue weighted by Gasteiger charge is 2.53. The highest BCUT2D eigenvalue weighted by Crippen LogP contribution is 2.61. The second-order valence-corrected chi connectivity index (χ2v) is 10.7. The maximum absolute atomic E-state index is 12.9. The van der Waals surface area contributed by atoms with E-state index in [9.17, 15) is 4.79 Å². The zero-order valence-electron chi connectivity index (χ0n) is 18.0. The number of carbonyl (C=O) groups is 1. The lowest BCUT2D eigenvalue weighted by Gasteiger charge is -2.59. The maximum atomic E-state index is 12.9. The van der Waals surface area contributed by atoms with Crippen molar-refractivity contribution in [3.05, 3.63) is 35.3 Å². The molecular formula is C25H32N2O2S. The molecule has 1 aromatic carbocycles. The van der Waals surface area contributed by atoms with E-state index >= 15 is 0 Å². The SMILES string of the molecule is CCOc1ccccc1-c1nc(CC(=O)NC(C)C23CC4CC(CC(C4)C2)C3)cs1. The first-order chi connectivity index (χ1) is 14.5. The fourth-order valence-electron chi connectivity index (χ4n) is 6.75. The molecule has 160 valence electrons. The van der Waals surface area contributed by atoms with Crippen molar-refractivity contribution in [3.8, 4) is 16.3 Å². The van der Waals surface area contributed by atoms with E-state index in [1.807, 2.05) is 36.6 Å². The third-order valence-corrected chi connectivity index (χ3v) is 8.62. The normalized spacial score (nSPS) is 30.3. The van der Waals surface area contributed by atoms with Crippen molar-refractivity contribution in [2.75, 3.05) is 6.61 Å². The third-order valence-electron chi connectivity index (χ3n) is 7.69. The lowest BCUT2D eigenvalue weighted by atomic mass is 9.48. The van der Waals surface area contributed by atoms with Gasteiger partial charge in [-0.15, -0.1) is 11.3 Å². The molecule has 0 radical (unpaired) electrons. The largest absolute Gasteiger partial charge is 0.493 e. The Morgan fingerprint density at radius 3 is 2.53 bits per heavy atom. The van der Waals surface area contributed by atoms with Crippen molar-refractivity contribution in [2.24, 2.45) is 23.2 Å². The van der Waals surface area contributed by atoms with E-state index in [-0.39, 0.29) is 11.9 Å². The molecule has 0 saturated heterocycles. The number of nitrogens with one attached hydrogen (secondary N) is 1. The number of hydrogen-bond donors (Lipinski definition) is 1. The van der Waals surface area contributed by atoms with Gasteiger partial charge in [-0.3, -0.25) is 4.79 Å². The second-order valence-electron chi connectivity index (χ2n) is 9.82. The Kier molecular flexibility index (Phi) is 5.34. The molecule has 2 aromatic rings. The Bertz CT molecular complexity index is 886. The van der Waals surface area contributed by atoms with Gasteiger partial charge in [-0.25, -0.2) is 4.98 Å². The summed E-state index contributed by atoms with van der Waals surface area (Å²) in [5.74, 6) is 3.67. The van der Waals surface area contributed by atoms with E-state index in [0.717, 1.165) is 39.8 Å². The summed E-state index contributed by atoms with van der Waals surface area (Å²) in [5.41, 5.74) is 2.18. The lowest BCUT2D eigenvalue weighted by Crippen LogP contribution is -2.56. The quantitative estimate of drug-likeness (QED) is 0.641. The van der Waals surface area contributed by atoms with Gasteiger partial charge in [0, 0.05) is 11.4 Å². The molecule has 4 saturated carbocycles. The smallest absolute Gasteiger partial charge is 0.226 e. The molecule has 4 bridgehead atoms. The van der Waals surface area contributed by atoms with Gasteiger partial charge in [0.2, 0.25) is 5.91 Å². The van der Waals surface area contributed by atoms with Crippen LogP contribution in [0.25, 0.3) is 10.6 Å². The van der Waals surface area contributed by atoms with E-state index in [2.05, 4.69) is 12.2 Å². The van der Waals surface area contributed by atoms with E-state index in [1.165, 1.54) is 38.5 Å². The number of aromatic nitrogens is 1. The molecule has 1 unspecified atom stereocenters. The van der Waals surface area contributed by atoms with Gasteiger partial charge in [-0.2, -0.15) is 0 Å². The average Bonchev–Trinajstić information content (AvgIpc) is 3.15. The molecule has 4 nitrogen and oxygen atoms in total. The van der Waals surface area contributed by atoms with Crippen LogP contribution in [0.15, 0.2) is 29.6 Å². The first-order valence-corrected chi connectivity index (χ1v) is 12.4. The summed E-state index contributed by atoms with van der Waals surface area (Å²) in [7, 11) is 0. The lowest BCUT2D eigenvalue weighted by molar-refractivity contribution is -0.125. The van der Waals surface area contributed by atoms with Crippen LogP contribution in [0.1, 0.15) is 58.1 Å². The fourth-order valence-corrected chi connectivity index (χ4v) is 7.60. The van der Waals surface area contributed by atoms with Crippen LogP contribution in [0, 0.1) is 23.2 Å². The highest BCUT2D eigenvalue weighted by molar-refractivity contribution is 7.13. The van der Waals surface area contributed by atoms with E-state index in [1.54, 1.807) is 11.3 Å². The number of thiazole rings is 1. The molecule has 4 aliphatic carbocycles. The van der Waals surface area contributed by atoms with Gasteiger partial charge in [0.05, 0.1) is 24.3 Å². The van der Waals surface area contributed by atoms with Crippen LogP contribution < -0.4 is 10.1 Å². The summed E-state index contributed by atoms with van der Waals surface area (Å²) < 4.78 is 5.74. The Labute approximate surface area is 183 Å². The molecule has 1 N–H and O–H groups in total. The predicted octanol–water partition coefficient (Wildman–Crippen LogP) is 5.47. The summed E-state index contributed by atoms with van der Waals surface area (Å²) in [4.78, 5) is 17.6. The number of hydrogen-bond acceptors (Lipinski definition) is 4. The van der Waals surface area contributed by atoms with Crippen LogP contribution >= 0.6 is 11.3 Å². The zero-order chi connectivity index (χ0) is 20.7. The highest BCUT2D eigenvalue weighted by atomic mass is 32.1. The van der Waals surface area contributed by atoms with Gasteiger partial charge in [0.25, 0.3) is 0 Å². The third kappa shape index (κ3) is 3.77. The topological polar surface area (TPSA) is 51.2 Å². The van der Waals surface area contributed by atoms with Crippen molar-refractivity contribution >= 4 is 17.2 Å². The molecule has 6 rings (SSSR count). The van der Waals surface area contributed by atoms with E-state index in [0.29, 0.717) is 18.4 Å². The molecule has 1 atom stereocenters. The van der Waals surface area contributed by atoms with Gasteiger partial charge in [-0.05, 0) is 87.7 Å². The first kappa shape index (κ1) is 20.0. The Hall–Kier alpha value is -1.88. The van der Waals surface area contributed by atoms with Crippen molar-refractivity contribution in [2.45, 2.75) is 64.8 Å². The molecule has 0 spiro atoms. The van der Waals surface area contributed by atoms with Crippen LogP contribution in [0.2, 0.25) is 0 Å². The van der Waals surface area contributed by atoms with Gasteiger partial charge in [0.15, 0.2) is 0 Å². The van der Waals surface area contributed by atoms with Crippen molar-refractivity contribution in [1.82, 2.24) is 10.3 Å². The predicted molar refractivity (Wildman–Crippen MR) is 121 cm³/mol. The van der Waals surface area contributed by atoms with Crippen LogP contribution in [0.5, 0.6) is 5.75 Å². The van der Waals surface area contributed by atoms with Crippen LogP contribution in [0.4, 0.5) is 0 Å². The number of benzene rings is 1. The summed E-state index contributed by atoms with van der Waals surface area (Å²) >= 11 is 1.58. The fraction of sp³-hybridized carbons (Fsp3) is 0.600. The zero-order valence-corrected chi connectivity index (χ0v) is 18.8. The molecule has 1 aromatic heterocycles.